The highest BCUT2D eigenvalue weighted by Crippen LogP contribution is 2.19. The molecule has 0 fully saturated rings. The number of rotatable bonds is 6. The van der Waals surface area contributed by atoms with Gasteiger partial charge in [0.25, 0.3) is 5.56 Å². The molecule has 1 amide bonds. The second kappa shape index (κ2) is 8.19. The lowest BCUT2D eigenvalue weighted by atomic mass is 10.1. The maximum absolute atomic E-state index is 12.6. The van der Waals surface area contributed by atoms with Crippen LogP contribution in [0.15, 0.2) is 58.5 Å². The standard InChI is InChI=1S/C20H21N3O2S/c1-3-14-9-11-15(12-10-14)23(4-2)18(24)13-26-20-21-17-8-6-5-7-16(17)19(25)22-20/h5-12H,3-4,13H2,1-2H3,(H,21,22,25). The van der Waals surface area contributed by atoms with Crippen LogP contribution in [0.2, 0.25) is 0 Å². The number of carbonyl (C=O) groups excluding carboxylic acids is 1. The number of thioether (sulfide) groups is 1. The zero-order valence-corrected chi connectivity index (χ0v) is 15.7. The molecule has 5 nitrogen and oxygen atoms in total. The van der Waals surface area contributed by atoms with E-state index in [1.54, 1.807) is 23.1 Å². The zero-order valence-electron chi connectivity index (χ0n) is 14.9. The number of hydrogen-bond acceptors (Lipinski definition) is 4. The van der Waals surface area contributed by atoms with E-state index < -0.39 is 0 Å². The van der Waals surface area contributed by atoms with Crippen molar-refractivity contribution in [3.05, 3.63) is 64.4 Å². The number of nitrogens with zero attached hydrogens (tertiary/aromatic N) is 2. The van der Waals surface area contributed by atoms with Gasteiger partial charge < -0.3 is 9.88 Å². The van der Waals surface area contributed by atoms with Crippen LogP contribution < -0.4 is 10.5 Å². The van der Waals surface area contributed by atoms with Gasteiger partial charge in [0, 0.05) is 12.2 Å². The Hall–Kier alpha value is -2.60. The molecule has 0 atom stereocenters. The molecular formula is C20H21N3O2S. The molecule has 6 heteroatoms. The predicted octanol–water partition coefficient (Wildman–Crippen LogP) is 3.63. The molecule has 1 heterocycles. The first kappa shape index (κ1) is 18.2. The van der Waals surface area contributed by atoms with Crippen LogP contribution in [0.1, 0.15) is 19.4 Å². The molecule has 1 N–H and O–H groups in total. The Balaban J connectivity index is 1.73. The third-order valence-electron chi connectivity index (χ3n) is 4.20. The van der Waals surface area contributed by atoms with E-state index in [2.05, 4.69) is 16.9 Å². The number of aromatic nitrogens is 2. The van der Waals surface area contributed by atoms with Crippen LogP contribution in [0, 0.1) is 0 Å². The van der Waals surface area contributed by atoms with Gasteiger partial charge >= 0.3 is 0 Å². The van der Waals surface area contributed by atoms with Gasteiger partial charge in [-0.05, 0) is 43.2 Å². The van der Waals surface area contributed by atoms with Crippen molar-refractivity contribution < 1.29 is 4.79 Å². The summed E-state index contributed by atoms with van der Waals surface area (Å²) >= 11 is 1.25. The lowest BCUT2D eigenvalue weighted by molar-refractivity contribution is -0.116. The van der Waals surface area contributed by atoms with Crippen LogP contribution in [-0.4, -0.2) is 28.2 Å². The van der Waals surface area contributed by atoms with Crippen LogP contribution in [0.3, 0.4) is 0 Å². The number of benzene rings is 2. The summed E-state index contributed by atoms with van der Waals surface area (Å²) in [6.45, 7) is 4.64. The SMILES string of the molecule is CCc1ccc(N(CC)C(=O)CSc2nc3ccccc3c(=O)[nH]2)cc1. The average molecular weight is 367 g/mol. The summed E-state index contributed by atoms with van der Waals surface area (Å²) in [5.41, 5.74) is 2.57. The first-order valence-electron chi connectivity index (χ1n) is 8.63. The van der Waals surface area contributed by atoms with Crippen molar-refractivity contribution in [1.29, 1.82) is 0 Å². The number of H-pyrrole nitrogens is 1. The molecule has 0 aliphatic heterocycles. The summed E-state index contributed by atoms with van der Waals surface area (Å²) in [6.07, 6.45) is 0.969. The van der Waals surface area contributed by atoms with Gasteiger partial charge in [0.1, 0.15) is 0 Å². The number of para-hydroxylation sites is 1. The minimum Gasteiger partial charge on any atom is -0.312 e. The number of carbonyl (C=O) groups is 1. The summed E-state index contributed by atoms with van der Waals surface area (Å²) in [5, 5.41) is 1.01. The molecule has 0 unspecified atom stereocenters. The van der Waals surface area contributed by atoms with Gasteiger partial charge in [0.15, 0.2) is 5.16 Å². The fourth-order valence-electron chi connectivity index (χ4n) is 2.76. The predicted molar refractivity (Wildman–Crippen MR) is 107 cm³/mol. The lowest BCUT2D eigenvalue weighted by Gasteiger charge is -2.21. The molecule has 134 valence electrons. The molecule has 3 rings (SSSR count). The minimum absolute atomic E-state index is 0.0162. The Kier molecular flexibility index (Phi) is 5.73. The topological polar surface area (TPSA) is 66.1 Å². The third kappa shape index (κ3) is 3.96. The van der Waals surface area contributed by atoms with E-state index in [9.17, 15) is 9.59 Å². The quantitative estimate of drug-likeness (QED) is 0.534. The van der Waals surface area contributed by atoms with Crippen molar-refractivity contribution in [1.82, 2.24) is 9.97 Å². The van der Waals surface area contributed by atoms with Crippen molar-refractivity contribution in [3.63, 3.8) is 0 Å². The van der Waals surface area contributed by atoms with Crippen molar-refractivity contribution >= 4 is 34.3 Å². The molecule has 0 saturated heterocycles. The number of amides is 1. The minimum atomic E-state index is -0.187. The monoisotopic (exact) mass is 367 g/mol. The molecule has 0 radical (unpaired) electrons. The van der Waals surface area contributed by atoms with E-state index in [1.807, 2.05) is 37.3 Å². The fourth-order valence-corrected chi connectivity index (χ4v) is 3.50. The Morgan fingerprint density at radius 3 is 2.54 bits per heavy atom. The van der Waals surface area contributed by atoms with E-state index >= 15 is 0 Å². The molecule has 0 aliphatic rings. The average Bonchev–Trinajstić information content (AvgIpc) is 2.67. The zero-order chi connectivity index (χ0) is 18.5. The number of aryl methyl sites for hydroxylation is 1. The number of nitrogens with one attached hydrogen (secondary N) is 1. The smallest absolute Gasteiger partial charge is 0.259 e. The van der Waals surface area contributed by atoms with Gasteiger partial charge in [-0.3, -0.25) is 9.59 Å². The normalized spacial score (nSPS) is 10.8. The summed E-state index contributed by atoms with van der Waals surface area (Å²) < 4.78 is 0. The number of anilines is 1. The van der Waals surface area contributed by atoms with E-state index in [-0.39, 0.29) is 17.2 Å². The van der Waals surface area contributed by atoms with Crippen LogP contribution in [0.5, 0.6) is 0 Å². The van der Waals surface area contributed by atoms with Gasteiger partial charge in [-0.25, -0.2) is 4.98 Å². The van der Waals surface area contributed by atoms with Crippen molar-refractivity contribution in [3.8, 4) is 0 Å². The Morgan fingerprint density at radius 1 is 1.12 bits per heavy atom. The number of fused-ring (bicyclic) bond motifs is 1. The van der Waals surface area contributed by atoms with Gasteiger partial charge in [0.05, 0.1) is 16.7 Å². The van der Waals surface area contributed by atoms with Crippen molar-refractivity contribution in [2.24, 2.45) is 0 Å². The second-order valence-corrected chi connectivity index (χ2v) is 6.80. The molecule has 2 aromatic carbocycles. The fraction of sp³-hybridized carbons (Fsp3) is 0.250. The molecule has 1 aromatic heterocycles. The summed E-state index contributed by atoms with van der Waals surface area (Å²) in [7, 11) is 0. The van der Waals surface area contributed by atoms with Gasteiger partial charge in [0.2, 0.25) is 5.91 Å². The molecule has 0 aliphatic carbocycles. The van der Waals surface area contributed by atoms with E-state index in [4.69, 9.17) is 0 Å². The van der Waals surface area contributed by atoms with Crippen LogP contribution in [0.25, 0.3) is 10.9 Å². The number of aromatic amines is 1. The third-order valence-corrected chi connectivity index (χ3v) is 5.06. The first-order chi connectivity index (χ1) is 12.6. The van der Waals surface area contributed by atoms with E-state index in [0.717, 1.165) is 12.1 Å². The molecular weight excluding hydrogens is 346 g/mol. The Morgan fingerprint density at radius 2 is 1.85 bits per heavy atom. The van der Waals surface area contributed by atoms with Crippen LogP contribution >= 0.6 is 11.8 Å². The number of hydrogen-bond donors (Lipinski definition) is 1. The highest BCUT2D eigenvalue weighted by Gasteiger charge is 2.15. The van der Waals surface area contributed by atoms with E-state index in [1.165, 1.54) is 17.3 Å². The van der Waals surface area contributed by atoms with E-state index in [0.29, 0.717) is 22.6 Å². The van der Waals surface area contributed by atoms with Crippen LogP contribution in [0.4, 0.5) is 5.69 Å². The molecule has 3 aromatic rings. The maximum atomic E-state index is 12.6. The molecule has 26 heavy (non-hydrogen) atoms. The van der Waals surface area contributed by atoms with Gasteiger partial charge in [-0.2, -0.15) is 0 Å². The van der Waals surface area contributed by atoms with Gasteiger partial charge in [-0.1, -0.05) is 43.0 Å². The first-order valence-corrected chi connectivity index (χ1v) is 9.62. The van der Waals surface area contributed by atoms with Crippen molar-refractivity contribution in [2.75, 3.05) is 17.2 Å². The van der Waals surface area contributed by atoms with Crippen molar-refractivity contribution in [2.45, 2.75) is 25.4 Å². The molecule has 0 saturated carbocycles. The summed E-state index contributed by atoms with van der Waals surface area (Å²) in [5.74, 6) is 0.197. The lowest BCUT2D eigenvalue weighted by Crippen LogP contribution is -2.32. The molecule has 0 spiro atoms. The summed E-state index contributed by atoms with van der Waals surface area (Å²) in [4.78, 5) is 33.7. The largest absolute Gasteiger partial charge is 0.312 e. The highest BCUT2D eigenvalue weighted by molar-refractivity contribution is 7.99. The summed E-state index contributed by atoms with van der Waals surface area (Å²) in [6, 6.07) is 15.2. The second-order valence-electron chi connectivity index (χ2n) is 5.83. The van der Waals surface area contributed by atoms with Crippen LogP contribution in [-0.2, 0) is 11.2 Å². The highest BCUT2D eigenvalue weighted by atomic mass is 32.2. The Bertz CT molecular complexity index is 967. The molecule has 0 bridgehead atoms. The Labute approximate surface area is 156 Å². The maximum Gasteiger partial charge on any atom is 0.259 e. The van der Waals surface area contributed by atoms with Gasteiger partial charge in [-0.15, -0.1) is 0 Å².